The molecule has 0 aliphatic rings. The van der Waals surface area contributed by atoms with Crippen LogP contribution in [0.2, 0.25) is 0 Å². The van der Waals surface area contributed by atoms with Crippen LogP contribution in [-0.2, 0) is 0 Å². The van der Waals surface area contributed by atoms with Gasteiger partial charge in [-0.1, -0.05) is 0 Å². The van der Waals surface area contributed by atoms with Gasteiger partial charge in [0, 0.05) is 12.5 Å². The first kappa shape index (κ1) is 12.9. The maximum absolute atomic E-state index is 11.0. The molecule has 0 amide bonds. The Hall–Kier alpha value is -2.15. The fourth-order valence-corrected chi connectivity index (χ4v) is 1.26. The molecule has 0 saturated heterocycles. The topological polar surface area (TPSA) is 55.8 Å². The second-order valence-corrected chi connectivity index (χ2v) is 3.19. The number of hydrogen-bond donors (Lipinski definition) is 1. The molecule has 0 unspecified atom stereocenters. The van der Waals surface area contributed by atoms with Gasteiger partial charge in [0.05, 0.1) is 13.7 Å². The van der Waals surface area contributed by atoms with E-state index in [-0.39, 0.29) is 5.56 Å². The fraction of sp³-hybridized carbons (Fsp3) is 0.308. The lowest BCUT2D eigenvalue weighted by Crippen LogP contribution is -2.04. The first-order chi connectivity index (χ1) is 8.19. The summed E-state index contributed by atoms with van der Waals surface area (Å²) in [6.07, 6.45) is 0.562. The van der Waals surface area contributed by atoms with Crippen LogP contribution in [0.15, 0.2) is 18.2 Å². The van der Waals surface area contributed by atoms with Gasteiger partial charge in [-0.25, -0.2) is 4.79 Å². The number of hydrogen-bond acceptors (Lipinski definition) is 3. The lowest BCUT2D eigenvalue weighted by Gasteiger charge is -2.09. The predicted molar refractivity (Wildman–Crippen MR) is 63.5 cm³/mol. The Labute approximate surface area is 100 Å². The van der Waals surface area contributed by atoms with Gasteiger partial charge >= 0.3 is 5.97 Å². The highest BCUT2D eigenvalue weighted by molar-refractivity contribution is 5.91. The van der Waals surface area contributed by atoms with Crippen LogP contribution in [0, 0.1) is 11.8 Å². The van der Waals surface area contributed by atoms with E-state index in [1.165, 1.54) is 13.2 Å². The zero-order chi connectivity index (χ0) is 12.7. The van der Waals surface area contributed by atoms with Gasteiger partial charge in [0.1, 0.15) is 17.1 Å². The average molecular weight is 234 g/mol. The van der Waals surface area contributed by atoms with Crippen molar-refractivity contribution >= 4 is 5.97 Å². The van der Waals surface area contributed by atoms with Gasteiger partial charge in [-0.2, -0.15) is 0 Å². The van der Waals surface area contributed by atoms with Crippen molar-refractivity contribution in [3.8, 4) is 23.3 Å². The van der Waals surface area contributed by atoms with Crippen LogP contribution in [0.5, 0.6) is 11.5 Å². The van der Waals surface area contributed by atoms with Gasteiger partial charge in [-0.3, -0.25) is 0 Å². The molecule has 0 aromatic heterocycles. The number of carbonyl (C=O) groups is 1. The van der Waals surface area contributed by atoms with Crippen LogP contribution in [0.4, 0.5) is 0 Å². The summed E-state index contributed by atoms with van der Waals surface area (Å²) in [5.41, 5.74) is 0.121. The molecule has 1 aromatic rings. The van der Waals surface area contributed by atoms with E-state index in [4.69, 9.17) is 14.6 Å². The van der Waals surface area contributed by atoms with Crippen LogP contribution in [0.1, 0.15) is 23.7 Å². The molecule has 0 bridgehead atoms. The van der Waals surface area contributed by atoms with Crippen LogP contribution in [0.3, 0.4) is 0 Å². The van der Waals surface area contributed by atoms with Crippen molar-refractivity contribution in [3.05, 3.63) is 23.8 Å². The summed E-state index contributed by atoms with van der Waals surface area (Å²) in [6, 6.07) is 4.60. The SMILES string of the molecule is CC#CCCOc1cc(OC)ccc1C(=O)O. The predicted octanol–water partition coefficient (Wildman–Crippen LogP) is 2.19. The fourth-order valence-electron chi connectivity index (χ4n) is 1.26. The Morgan fingerprint density at radius 2 is 2.24 bits per heavy atom. The molecule has 4 heteroatoms. The van der Waals surface area contributed by atoms with E-state index in [1.807, 2.05) is 0 Å². The molecule has 0 radical (unpaired) electrons. The Morgan fingerprint density at radius 3 is 2.82 bits per heavy atom. The quantitative estimate of drug-likeness (QED) is 0.626. The third-order valence-corrected chi connectivity index (χ3v) is 2.08. The number of aromatic carboxylic acids is 1. The summed E-state index contributed by atoms with van der Waals surface area (Å²) in [7, 11) is 1.52. The third kappa shape index (κ3) is 3.72. The lowest BCUT2D eigenvalue weighted by atomic mass is 10.2. The van der Waals surface area contributed by atoms with Crippen molar-refractivity contribution in [1.29, 1.82) is 0 Å². The summed E-state index contributed by atoms with van der Waals surface area (Å²) in [4.78, 5) is 11.0. The highest BCUT2D eigenvalue weighted by Gasteiger charge is 2.12. The highest BCUT2D eigenvalue weighted by Crippen LogP contribution is 2.24. The van der Waals surface area contributed by atoms with E-state index in [0.29, 0.717) is 24.5 Å². The molecular weight excluding hydrogens is 220 g/mol. The number of rotatable bonds is 5. The zero-order valence-corrected chi connectivity index (χ0v) is 9.82. The van der Waals surface area contributed by atoms with Gasteiger partial charge in [0.15, 0.2) is 0 Å². The molecule has 0 atom stereocenters. The largest absolute Gasteiger partial charge is 0.497 e. The van der Waals surface area contributed by atoms with E-state index in [0.717, 1.165) is 0 Å². The smallest absolute Gasteiger partial charge is 0.339 e. The van der Waals surface area contributed by atoms with Crippen molar-refractivity contribution in [3.63, 3.8) is 0 Å². The maximum atomic E-state index is 11.0. The Kier molecular flexibility index (Phi) is 4.89. The van der Waals surface area contributed by atoms with Crippen molar-refractivity contribution < 1.29 is 19.4 Å². The van der Waals surface area contributed by atoms with Crippen LogP contribution in [0.25, 0.3) is 0 Å². The molecule has 17 heavy (non-hydrogen) atoms. The second kappa shape index (κ2) is 6.44. The molecule has 1 rings (SSSR count). The molecule has 0 fully saturated rings. The number of benzene rings is 1. The van der Waals surface area contributed by atoms with Crippen LogP contribution >= 0.6 is 0 Å². The minimum absolute atomic E-state index is 0.121. The van der Waals surface area contributed by atoms with E-state index in [1.54, 1.807) is 19.1 Å². The molecule has 0 aliphatic heterocycles. The zero-order valence-electron chi connectivity index (χ0n) is 9.82. The van der Waals surface area contributed by atoms with Gasteiger partial charge < -0.3 is 14.6 Å². The number of methoxy groups -OCH3 is 1. The Morgan fingerprint density at radius 1 is 1.47 bits per heavy atom. The van der Waals surface area contributed by atoms with Gasteiger partial charge in [0.2, 0.25) is 0 Å². The summed E-state index contributed by atoms with van der Waals surface area (Å²) >= 11 is 0. The number of carboxylic acid groups (broad SMARTS) is 1. The molecule has 1 N–H and O–H groups in total. The standard InChI is InChI=1S/C13H14O4/c1-3-4-5-8-17-12-9-10(16-2)6-7-11(12)13(14)15/h6-7,9H,5,8H2,1-2H3,(H,14,15). The summed E-state index contributed by atoms with van der Waals surface area (Å²) in [6.45, 7) is 2.10. The first-order valence-corrected chi connectivity index (χ1v) is 5.12. The van der Waals surface area contributed by atoms with Gasteiger partial charge in [-0.15, -0.1) is 11.8 Å². The molecular formula is C13H14O4. The van der Waals surface area contributed by atoms with Gasteiger partial charge in [0.25, 0.3) is 0 Å². The molecule has 0 heterocycles. The van der Waals surface area contributed by atoms with Gasteiger partial charge in [-0.05, 0) is 19.1 Å². The van der Waals surface area contributed by atoms with Crippen molar-refractivity contribution in [2.24, 2.45) is 0 Å². The number of carboxylic acids is 1. The third-order valence-electron chi connectivity index (χ3n) is 2.08. The maximum Gasteiger partial charge on any atom is 0.339 e. The van der Waals surface area contributed by atoms with E-state index < -0.39 is 5.97 Å². The lowest BCUT2D eigenvalue weighted by molar-refractivity contribution is 0.0692. The van der Waals surface area contributed by atoms with E-state index in [2.05, 4.69) is 11.8 Å². The average Bonchev–Trinajstić information content (AvgIpc) is 2.34. The first-order valence-electron chi connectivity index (χ1n) is 5.12. The monoisotopic (exact) mass is 234 g/mol. The minimum atomic E-state index is -1.02. The molecule has 0 saturated carbocycles. The van der Waals surface area contributed by atoms with Crippen LogP contribution < -0.4 is 9.47 Å². The van der Waals surface area contributed by atoms with Crippen molar-refractivity contribution in [1.82, 2.24) is 0 Å². The summed E-state index contributed by atoms with van der Waals surface area (Å²) < 4.78 is 10.4. The molecule has 1 aromatic carbocycles. The Balaban J connectivity index is 2.84. The number of ether oxygens (including phenoxy) is 2. The molecule has 90 valence electrons. The Bertz CT molecular complexity index is 454. The van der Waals surface area contributed by atoms with Crippen molar-refractivity contribution in [2.45, 2.75) is 13.3 Å². The minimum Gasteiger partial charge on any atom is -0.497 e. The highest BCUT2D eigenvalue weighted by atomic mass is 16.5. The van der Waals surface area contributed by atoms with E-state index in [9.17, 15) is 4.79 Å². The summed E-state index contributed by atoms with van der Waals surface area (Å²) in [5.74, 6) is 5.42. The second-order valence-electron chi connectivity index (χ2n) is 3.19. The molecule has 0 aliphatic carbocycles. The van der Waals surface area contributed by atoms with E-state index >= 15 is 0 Å². The van der Waals surface area contributed by atoms with Crippen molar-refractivity contribution in [2.75, 3.05) is 13.7 Å². The molecule has 4 nitrogen and oxygen atoms in total. The molecule has 0 spiro atoms. The normalized spacial score (nSPS) is 9.06. The van der Waals surface area contributed by atoms with Crippen LogP contribution in [-0.4, -0.2) is 24.8 Å². The summed E-state index contributed by atoms with van der Waals surface area (Å²) in [5, 5.41) is 8.98.